The van der Waals surface area contributed by atoms with Crippen molar-refractivity contribution in [3.63, 3.8) is 0 Å². The van der Waals surface area contributed by atoms with E-state index in [0.29, 0.717) is 12.1 Å². The van der Waals surface area contributed by atoms with Gasteiger partial charge in [0.1, 0.15) is 0 Å². The number of nitrogens with zero attached hydrogens (tertiary/aromatic N) is 2. The van der Waals surface area contributed by atoms with E-state index in [0.717, 1.165) is 6.54 Å². The van der Waals surface area contributed by atoms with Crippen LogP contribution >= 0.6 is 0 Å². The predicted molar refractivity (Wildman–Crippen MR) is 72.5 cm³/mol. The molecule has 1 aromatic rings. The van der Waals surface area contributed by atoms with Crippen molar-refractivity contribution in [3.8, 4) is 5.95 Å². The van der Waals surface area contributed by atoms with Gasteiger partial charge in [-0.25, -0.2) is 0 Å². The Morgan fingerprint density at radius 2 is 2.11 bits per heavy atom. The maximum atomic E-state index is 12.0. The van der Waals surface area contributed by atoms with Crippen LogP contribution in [0.3, 0.4) is 0 Å². The molecule has 1 N–H and O–H groups in total. The zero-order valence-electron chi connectivity index (χ0n) is 12.5. The normalized spacial score (nSPS) is 11.7. The summed E-state index contributed by atoms with van der Waals surface area (Å²) in [4.78, 5) is 14.1. The monoisotopic (exact) mass is 269 g/mol. The van der Waals surface area contributed by atoms with Gasteiger partial charge in [-0.3, -0.25) is 4.79 Å². The van der Waals surface area contributed by atoms with E-state index in [-0.39, 0.29) is 23.0 Å². The first kappa shape index (κ1) is 15.5. The lowest BCUT2D eigenvalue weighted by Gasteiger charge is -2.28. The van der Waals surface area contributed by atoms with E-state index in [4.69, 9.17) is 9.26 Å². The molecule has 0 aliphatic heterocycles. The van der Waals surface area contributed by atoms with Crippen molar-refractivity contribution >= 4 is 5.91 Å². The van der Waals surface area contributed by atoms with Gasteiger partial charge >= 0.3 is 5.95 Å². The van der Waals surface area contributed by atoms with Gasteiger partial charge in [0.2, 0.25) is 0 Å². The van der Waals surface area contributed by atoms with Crippen LogP contribution in [0.4, 0.5) is 0 Å². The molecule has 0 aliphatic carbocycles. The van der Waals surface area contributed by atoms with Gasteiger partial charge in [0.05, 0.1) is 12.7 Å². The molecule has 1 amide bonds. The second kappa shape index (κ2) is 6.06. The fraction of sp³-hybridized carbons (Fsp3) is 0.692. The van der Waals surface area contributed by atoms with Crippen molar-refractivity contribution < 1.29 is 14.1 Å². The Bertz CT molecular complexity index is 438. The number of ether oxygens (including phenoxy) is 1. The molecule has 6 nitrogen and oxygen atoms in total. The lowest BCUT2D eigenvalue weighted by Crippen LogP contribution is -2.40. The topological polar surface area (TPSA) is 67.6 Å². The highest BCUT2D eigenvalue weighted by molar-refractivity contribution is 5.93. The third kappa shape index (κ3) is 4.24. The molecule has 0 aliphatic rings. The van der Waals surface area contributed by atoms with E-state index in [1.165, 1.54) is 7.11 Å². The molecule has 1 rings (SSSR count). The molecule has 0 saturated heterocycles. The zero-order valence-corrected chi connectivity index (χ0v) is 12.5. The van der Waals surface area contributed by atoms with Crippen molar-refractivity contribution in [1.82, 2.24) is 15.4 Å². The Morgan fingerprint density at radius 3 is 2.58 bits per heavy atom. The first-order valence-corrected chi connectivity index (χ1v) is 6.20. The molecule has 0 aromatic carbocycles. The first-order chi connectivity index (χ1) is 8.76. The molecule has 0 fully saturated rings. The third-order valence-corrected chi connectivity index (χ3v) is 2.75. The Balaban J connectivity index is 2.63. The maximum Gasteiger partial charge on any atom is 0.314 e. The molecule has 1 heterocycles. The number of hydrogen-bond donors (Lipinski definition) is 1. The predicted octanol–water partition coefficient (Wildman–Crippen LogP) is 1.31. The molecule has 108 valence electrons. The number of hydrogen-bond acceptors (Lipinski definition) is 5. The molecule has 0 bridgehead atoms. The molecule has 0 atom stereocenters. The number of rotatable bonds is 6. The molecule has 0 radical (unpaired) electrons. The molecular weight excluding hydrogens is 246 g/mol. The Morgan fingerprint density at radius 1 is 1.47 bits per heavy atom. The highest BCUT2D eigenvalue weighted by Gasteiger charge is 2.23. The molecule has 1 aromatic heterocycles. The lowest BCUT2D eigenvalue weighted by molar-refractivity contribution is 0.0919. The highest BCUT2D eigenvalue weighted by atomic mass is 16.6. The van der Waals surface area contributed by atoms with Crippen LogP contribution in [0.15, 0.2) is 4.52 Å². The van der Waals surface area contributed by atoms with Crippen LogP contribution in [-0.2, 0) is 0 Å². The van der Waals surface area contributed by atoms with E-state index in [1.54, 1.807) is 6.92 Å². The fourth-order valence-corrected chi connectivity index (χ4v) is 2.04. The van der Waals surface area contributed by atoms with Gasteiger partial charge in [0.25, 0.3) is 5.91 Å². The largest absolute Gasteiger partial charge is 0.467 e. The van der Waals surface area contributed by atoms with E-state index in [2.05, 4.69) is 29.2 Å². The van der Waals surface area contributed by atoms with Gasteiger partial charge in [-0.15, -0.1) is 0 Å². The SMILES string of the molecule is COc1onc(C(=O)NCC(C)(C)CN(C)C)c1C. The van der Waals surface area contributed by atoms with Crippen molar-refractivity contribution in [3.05, 3.63) is 11.3 Å². The van der Waals surface area contributed by atoms with Crippen LogP contribution in [0.2, 0.25) is 0 Å². The summed E-state index contributed by atoms with van der Waals surface area (Å²) < 4.78 is 9.88. The lowest BCUT2D eigenvalue weighted by atomic mass is 9.93. The Kier molecular flexibility index (Phi) is 4.94. The minimum Gasteiger partial charge on any atom is -0.467 e. The number of amides is 1. The molecule has 6 heteroatoms. The smallest absolute Gasteiger partial charge is 0.314 e. The second-order valence-corrected chi connectivity index (χ2v) is 5.73. The van der Waals surface area contributed by atoms with Crippen LogP contribution in [0.1, 0.15) is 29.9 Å². The van der Waals surface area contributed by atoms with Gasteiger partial charge in [0, 0.05) is 13.1 Å². The van der Waals surface area contributed by atoms with Crippen molar-refractivity contribution in [2.75, 3.05) is 34.3 Å². The minimum absolute atomic E-state index is 0.0130. The quantitative estimate of drug-likeness (QED) is 0.843. The van der Waals surface area contributed by atoms with Crippen LogP contribution < -0.4 is 10.1 Å². The fourth-order valence-electron chi connectivity index (χ4n) is 2.04. The number of carbonyl (C=O) groups is 1. The number of aromatic nitrogens is 1. The summed E-state index contributed by atoms with van der Waals surface area (Å²) in [6.45, 7) is 7.40. The molecule has 0 unspecified atom stereocenters. The van der Waals surface area contributed by atoms with Crippen LogP contribution in [0, 0.1) is 12.3 Å². The number of nitrogens with one attached hydrogen (secondary N) is 1. The van der Waals surface area contributed by atoms with Crippen molar-refractivity contribution in [1.29, 1.82) is 0 Å². The number of carbonyl (C=O) groups excluding carboxylic acids is 1. The van der Waals surface area contributed by atoms with E-state index < -0.39 is 0 Å². The summed E-state index contributed by atoms with van der Waals surface area (Å²) in [6, 6.07) is 0. The standard InChI is InChI=1S/C13H23N3O3/c1-9-10(15-19-12(9)18-6)11(17)14-7-13(2,3)8-16(4)5/h7-8H2,1-6H3,(H,14,17). The Labute approximate surface area is 114 Å². The van der Waals surface area contributed by atoms with Crippen LogP contribution in [-0.4, -0.2) is 50.3 Å². The molecule has 0 saturated carbocycles. The van der Waals surface area contributed by atoms with Gasteiger partial charge in [0.15, 0.2) is 5.69 Å². The second-order valence-electron chi connectivity index (χ2n) is 5.73. The molecular formula is C13H23N3O3. The van der Waals surface area contributed by atoms with Crippen LogP contribution in [0.5, 0.6) is 5.95 Å². The zero-order chi connectivity index (χ0) is 14.6. The summed E-state index contributed by atoms with van der Waals surface area (Å²) in [7, 11) is 5.50. The van der Waals surface area contributed by atoms with Crippen molar-refractivity contribution in [2.24, 2.45) is 5.41 Å². The van der Waals surface area contributed by atoms with Gasteiger partial charge in [-0.1, -0.05) is 19.0 Å². The first-order valence-electron chi connectivity index (χ1n) is 6.20. The Hall–Kier alpha value is -1.56. The number of methoxy groups -OCH3 is 1. The third-order valence-electron chi connectivity index (χ3n) is 2.75. The summed E-state index contributed by atoms with van der Waals surface area (Å²) in [5, 5.41) is 6.60. The van der Waals surface area contributed by atoms with E-state index in [9.17, 15) is 4.79 Å². The van der Waals surface area contributed by atoms with Gasteiger partial charge < -0.3 is 19.5 Å². The molecule has 19 heavy (non-hydrogen) atoms. The summed E-state index contributed by atoms with van der Waals surface area (Å²) in [6.07, 6.45) is 0. The minimum atomic E-state index is -0.239. The highest BCUT2D eigenvalue weighted by Crippen LogP contribution is 2.20. The summed E-state index contributed by atoms with van der Waals surface area (Å²) in [5.74, 6) is 0.0362. The van der Waals surface area contributed by atoms with Gasteiger partial charge in [-0.2, -0.15) is 0 Å². The summed E-state index contributed by atoms with van der Waals surface area (Å²) >= 11 is 0. The van der Waals surface area contributed by atoms with E-state index >= 15 is 0 Å². The molecule has 0 spiro atoms. The maximum absolute atomic E-state index is 12.0. The van der Waals surface area contributed by atoms with Crippen LogP contribution in [0.25, 0.3) is 0 Å². The van der Waals surface area contributed by atoms with E-state index in [1.807, 2.05) is 14.1 Å². The average molecular weight is 269 g/mol. The summed E-state index contributed by atoms with van der Waals surface area (Å²) in [5.41, 5.74) is 0.879. The van der Waals surface area contributed by atoms with Gasteiger partial charge in [-0.05, 0) is 26.4 Å². The average Bonchev–Trinajstić information content (AvgIpc) is 2.66. The van der Waals surface area contributed by atoms with Crippen molar-refractivity contribution in [2.45, 2.75) is 20.8 Å².